The van der Waals surface area contributed by atoms with Crippen LogP contribution in [-0.2, 0) is 17.5 Å². The Balaban J connectivity index is 2.30. The smallest absolute Gasteiger partial charge is 0.433 e. The molecule has 1 heterocycles. The third-order valence-electron chi connectivity index (χ3n) is 3.35. The van der Waals surface area contributed by atoms with Crippen LogP contribution in [0.3, 0.4) is 0 Å². The maximum atomic E-state index is 13.2. The lowest BCUT2D eigenvalue weighted by Crippen LogP contribution is -2.32. The first-order valence-electron chi connectivity index (χ1n) is 8.53. The van der Waals surface area contributed by atoms with Crippen LogP contribution in [0.5, 0.6) is 17.4 Å². The number of pyridine rings is 1. The van der Waals surface area contributed by atoms with Gasteiger partial charge in [0, 0.05) is 18.7 Å². The molecule has 0 fully saturated rings. The van der Waals surface area contributed by atoms with Crippen LogP contribution in [0.1, 0.15) is 42.4 Å². The molecule has 0 saturated carbocycles. The molecule has 0 aliphatic heterocycles. The second-order valence-electron chi connectivity index (χ2n) is 7.17. The largest absolute Gasteiger partial charge is 0.508 e. The lowest BCUT2D eigenvalue weighted by Gasteiger charge is -2.20. The highest BCUT2D eigenvalue weighted by Crippen LogP contribution is 2.32. The molecule has 0 atom stereocenters. The zero-order valence-electron chi connectivity index (χ0n) is 16.2. The van der Waals surface area contributed by atoms with E-state index >= 15 is 0 Å². The minimum absolute atomic E-state index is 0.0109. The number of aromatic carboxylic acids is 1. The first-order valence-corrected chi connectivity index (χ1v) is 8.53. The Morgan fingerprint density at radius 3 is 2.33 bits per heavy atom. The van der Waals surface area contributed by atoms with Crippen molar-refractivity contribution in [2.24, 2.45) is 0 Å². The highest BCUT2D eigenvalue weighted by atomic mass is 19.4. The average Bonchev–Trinajstić information content (AvgIpc) is 2.57. The first kappa shape index (κ1) is 22.8. The van der Waals surface area contributed by atoms with Crippen LogP contribution in [0, 0.1) is 0 Å². The monoisotopic (exact) mass is 428 g/mol. The molecule has 0 saturated heterocycles. The van der Waals surface area contributed by atoms with Gasteiger partial charge in [0.2, 0.25) is 5.88 Å². The summed E-state index contributed by atoms with van der Waals surface area (Å²) < 4.78 is 49.8. The van der Waals surface area contributed by atoms with Crippen LogP contribution >= 0.6 is 0 Å². The number of nitrogens with one attached hydrogen (secondary N) is 1. The summed E-state index contributed by atoms with van der Waals surface area (Å²) in [5, 5.41) is 20.9. The summed E-state index contributed by atoms with van der Waals surface area (Å²) in [6, 6.07) is 4.85. The van der Waals surface area contributed by atoms with E-state index in [2.05, 4.69) is 10.3 Å². The number of rotatable bonds is 5. The van der Waals surface area contributed by atoms with Crippen LogP contribution in [0.25, 0.3) is 0 Å². The molecule has 8 nitrogen and oxygen atoms in total. The molecule has 0 aliphatic carbocycles. The second-order valence-corrected chi connectivity index (χ2v) is 7.17. The zero-order chi connectivity index (χ0) is 22.7. The summed E-state index contributed by atoms with van der Waals surface area (Å²) in [6.45, 7) is 4.59. The van der Waals surface area contributed by atoms with Crippen molar-refractivity contribution >= 4 is 12.1 Å². The third kappa shape index (κ3) is 6.83. The number of aromatic nitrogens is 1. The normalized spacial score (nSPS) is 11.7. The summed E-state index contributed by atoms with van der Waals surface area (Å²) in [7, 11) is 0. The fraction of sp³-hybridized carbons (Fsp3) is 0.316. The zero-order valence-corrected chi connectivity index (χ0v) is 16.2. The molecule has 2 aromatic rings. The van der Waals surface area contributed by atoms with Crippen LogP contribution in [0.2, 0.25) is 0 Å². The third-order valence-corrected chi connectivity index (χ3v) is 3.35. The lowest BCUT2D eigenvalue weighted by molar-refractivity contribution is -0.141. The van der Waals surface area contributed by atoms with E-state index in [4.69, 9.17) is 14.6 Å². The van der Waals surface area contributed by atoms with E-state index in [-0.39, 0.29) is 23.4 Å². The number of nitrogens with zero attached hydrogens (tertiary/aromatic N) is 1. The van der Waals surface area contributed by atoms with Gasteiger partial charge in [0.05, 0.1) is 5.56 Å². The van der Waals surface area contributed by atoms with Crippen LogP contribution < -0.4 is 10.1 Å². The number of hydrogen-bond donors (Lipinski definition) is 3. The van der Waals surface area contributed by atoms with Gasteiger partial charge in [-0.2, -0.15) is 13.2 Å². The number of phenolic OH excluding ortho intramolecular Hbond substituents is 1. The number of carboxylic acid groups (broad SMARTS) is 1. The summed E-state index contributed by atoms with van der Waals surface area (Å²) >= 11 is 0. The molecule has 0 radical (unpaired) electrons. The number of aromatic hydroxyl groups is 1. The SMILES string of the molecule is CC(C)(C)OC(=O)NCc1cc(Oc2cc(O)cc(C(=O)O)c2)nc(C(F)(F)F)c1. The molecule has 0 aliphatic rings. The van der Waals surface area contributed by atoms with Crippen molar-refractivity contribution in [1.29, 1.82) is 0 Å². The highest BCUT2D eigenvalue weighted by molar-refractivity contribution is 5.88. The van der Waals surface area contributed by atoms with Gasteiger partial charge in [-0.05, 0) is 44.5 Å². The van der Waals surface area contributed by atoms with Crippen molar-refractivity contribution in [1.82, 2.24) is 10.3 Å². The fourth-order valence-corrected chi connectivity index (χ4v) is 2.23. The van der Waals surface area contributed by atoms with Gasteiger partial charge in [-0.1, -0.05) is 0 Å². The number of carbonyl (C=O) groups is 2. The molecular weight excluding hydrogens is 409 g/mol. The number of carboxylic acids is 1. The number of halogens is 3. The topological polar surface area (TPSA) is 118 Å². The van der Waals surface area contributed by atoms with Gasteiger partial charge in [0.25, 0.3) is 0 Å². The van der Waals surface area contributed by atoms with E-state index < -0.39 is 41.2 Å². The number of alkyl carbamates (subject to hydrolysis) is 1. The Hall–Kier alpha value is -3.50. The van der Waals surface area contributed by atoms with Crippen molar-refractivity contribution < 1.29 is 42.4 Å². The molecule has 1 aromatic carbocycles. The van der Waals surface area contributed by atoms with Crippen molar-refractivity contribution in [3.05, 3.63) is 47.2 Å². The van der Waals surface area contributed by atoms with E-state index in [1.54, 1.807) is 20.8 Å². The quantitative estimate of drug-likeness (QED) is 0.649. The first-order chi connectivity index (χ1) is 13.7. The molecule has 0 spiro atoms. The minimum Gasteiger partial charge on any atom is -0.508 e. The molecule has 1 amide bonds. The van der Waals surface area contributed by atoms with Crippen LogP contribution in [-0.4, -0.2) is 32.9 Å². The van der Waals surface area contributed by atoms with E-state index in [1.165, 1.54) is 0 Å². The van der Waals surface area contributed by atoms with Crippen molar-refractivity contribution in [2.45, 2.75) is 39.1 Å². The summed E-state index contributed by atoms with van der Waals surface area (Å²) in [5.41, 5.74) is -2.38. The maximum absolute atomic E-state index is 13.2. The van der Waals surface area contributed by atoms with Crippen LogP contribution in [0.15, 0.2) is 30.3 Å². The second kappa shape index (κ2) is 8.47. The van der Waals surface area contributed by atoms with Gasteiger partial charge < -0.3 is 25.0 Å². The maximum Gasteiger partial charge on any atom is 0.433 e. The van der Waals surface area contributed by atoms with E-state index in [9.17, 15) is 27.9 Å². The predicted molar refractivity (Wildman–Crippen MR) is 97.5 cm³/mol. The Morgan fingerprint density at radius 2 is 1.77 bits per heavy atom. The molecule has 0 unspecified atom stereocenters. The van der Waals surface area contributed by atoms with Crippen molar-refractivity contribution in [3.63, 3.8) is 0 Å². The Kier molecular flexibility index (Phi) is 6.44. The number of ether oxygens (including phenoxy) is 2. The molecule has 0 bridgehead atoms. The number of amides is 1. The molecule has 1 aromatic heterocycles. The standard InChI is InChI=1S/C19H19F3N2O6/c1-18(2,3)30-17(28)23-9-10-4-14(19(20,21)22)24-15(5-10)29-13-7-11(16(26)27)6-12(25)8-13/h4-8,25H,9H2,1-3H3,(H,23,28)(H,26,27). The van der Waals surface area contributed by atoms with Crippen LogP contribution in [0.4, 0.5) is 18.0 Å². The van der Waals surface area contributed by atoms with Gasteiger partial charge in [-0.15, -0.1) is 0 Å². The number of hydrogen-bond acceptors (Lipinski definition) is 6. The van der Waals surface area contributed by atoms with E-state index in [1.807, 2.05) is 0 Å². The number of benzene rings is 1. The Bertz CT molecular complexity index is 954. The summed E-state index contributed by atoms with van der Waals surface area (Å²) in [6.07, 6.45) is -5.63. The molecular formula is C19H19F3N2O6. The molecule has 3 N–H and O–H groups in total. The number of alkyl halides is 3. The molecule has 30 heavy (non-hydrogen) atoms. The molecule has 2 rings (SSSR count). The van der Waals surface area contributed by atoms with Gasteiger partial charge in [-0.25, -0.2) is 14.6 Å². The van der Waals surface area contributed by atoms with E-state index in [0.29, 0.717) is 0 Å². The Labute approximate surface area is 169 Å². The van der Waals surface area contributed by atoms with Gasteiger partial charge in [0.1, 0.15) is 22.8 Å². The van der Waals surface area contributed by atoms with Gasteiger partial charge in [-0.3, -0.25) is 0 Å². The summed E-state index contributed by atoms with van der Waals surface area (Å²) in [5.74, 6) is -2.56. The lowest BCUT2D eigenvalue weighted by atomic mass is 10.2. The van der Waals surface area contributed by atoms with Crippen molar-refractivity contribution in [2.75, 3.05) is 0 Å². The van der Waals surface area contributed by atoms with Crippen molar-refractivity contribution in [3.8, 4) is 17.4 Å². The van der Waals surface area contributed by atoms with Gasteiger partial charge >= 0.3 is 18.2 Å². The number of phenols is 1. The fourth-order valence-electron chi connectivity index (χ4n) is 2.23. The minimum atomic E-state index is -4.80. The van der Waals surface area contributed by atoms with E-state index in [0.717, 1.165) is 30.3 Å². The molecule has 162 valence electrons. The summed E-state index contributed by atoms with van der Waals surface area (Å²) in [4.78, 5) is 26.2. The number of carbonyl (C=O) groups excluding carboxylic acids is 1. The Morgan fingerprint density at radius 1 is 1.10 bits per heavy atom. The highest BCUT2D eigenvalue weighted by Gasteiger charge is 2.33. The molecule has 11 heteroatoms. The predicted octanol–water partition coefficient (Wildman–Crippen LogP) is 4.32. The average molecular weight is 428 g/mol. The van der Waals surface area contributed by atoms with Gasteiger partial charge in [0.15, 0.2) is 0 Å².